The number of carbonyl (C=O) groups is 1. The Bertz CT molecular complexity index is 640. The highest BCUT2D eigenvalue weighted by atomic mass is 19.1. The number of halogens is 1. The molecule has 0 aliphatic heterocycles. The molecule has 0 saturated carbocycles. The van der Waals surface area contributed by atoms with Crippen LogP contribution >= 0.6 is 0 Å². The van der Waals surface area contributed by atoms with Crippen molar-refractivity contribution >= 4 is 11.6 Å². The molecule has 0 fully saturated rings. The number of carbonyl (C=O) groups excluding carboxylic acids is 1. The van der Waals surface area contributed by atoms with Gasteiger partial charge in [-0.3, -0.25) is 4.79 Å². The number of hydrogen-bond donors (Lipinski definition) is 2. The minimum Gasteiger partial charge on any atom is -0.398 e. The number of anilines is 1. The molecule has 1 atom stereocenters. The largest absolute Gasteiger partial charge is 0.398 e. The van der Waals surface area contributed by atoms with E-state index in [1.165, 1.54) is 6.07 Å². The van der Waals surface area contributed by atoms with Crippen molar-refractivity contribution in [3.8, 4) is 0 Å². The summed E-state index contributed by atoms with van der Waals surface area (Å²) >= 11 is 0. The third-order valence-electron chi connectivity index (χ3n) is 3.24. The van der Waals surface area contributed by atoms with Crippen LogP contribution in [0.2, 0.25) is 0 Å². The van der Waals surface area contributed by atoms with Crippen molar-refractivity contribution in [1.82, 2.24) is 5.32 Å². The van der Waals surface area contributed by atoms with Crippen molar-refractivity contribution in [3.63, 3.8) is 0 Å². The van der Waals surface area contributed by atoms with Crippen LogP contribution in [0, 0.1) is 12.7 Å². The van der Waals surface area contributed by atoms with Gasteiger partial charge in [-0.15, -0.1) is 0 Å². The summed E-state index contributed by atoms with van der Waals surface area (Å²) in [5, 5.41) is 2.81. The minimum atomic E-state index is -0.385. The van der Waals surface area contributed by atoms with Crippen molar-refractivity contribution in [1.29, 1.82) is 0 Å². The molecule has 3 N–H and O–H groups in total. The lowest BCUT2D eigenvalue weighted by atomic mass is 10.1. The monoisotopic (exact) mass is 272 g/mol. The third-order valence-corrected chi connectivity index (χ3v) is 3.24. The second-order valence-corrected chi connectivity index (χ2v) is 4.79. The summed E-state index contributed by atoms with van der Waals surface area (Å²) < 4.78 is 13.5. The van der Waals surface area contributed by atoms with Gasteiger partial charge in [0.2, 0.25) is 0 Å². The summed E-state index contributed by atoms with van der Waals surface area (Å²) in [7, 11) is 0. The summed E-state index contributed by atoms with van der Waals surface area (Å²) in [5.74, 6) is -0.704. The third kappa shape index (κ3) is 2.96. The van der Waals surface area contributed by atoms with Gasteiger partial charge in [0, 0.05) is 11.3 Å². The smallest absolute Gasteiger partial charge is 0.251 e. The lowest BCUT2D eigenvalue weighted by Gasteiger charge is -2.16. The highest BCUT2D eigenvalue weighted by Gasteiger charge is 2.14. The minimum absolute atomic E-state index is 0.243. The van der Waals surface area contributed by atoms with Crippen molar-refractivity contribution in [2.45, 2.75) is 19.9 Å². The molecular weight excluding hydrogens is 255 g/mol. The van der Waals surface area contributed by atoms with Crippen LogP contribution in [0.3, 0.4) is 0 Å². The predicted molar refractivity (Wildman–Crippen MR) is 77.9 cm³/mol. The van der Waals surface area contributed by atoms with Gasteiger partial charge in [0.05, 0.1) is 6.04 Å². The molecule has 2 aromatic rings. The van der Waals surface area contributed by atoms with Gasteiger partial charge in [-0.1, -0.05) is 24.3 Å². The van der Waals surface area contributed by atoms with E-state index in [4.69, 9.17) is 5.73 Å². The summed E-state index contributed by atoms with van der Waals surface area (Å²) in [6.07, 6.45) is 0. The fourth-order valence-corrected chi connectivity index (χ4v) is 2.00. The van der Waals surface area contributed by atoms with E-state index in [-0.39, 0.29) is 17.8 Å². The predicted octanol–water partition coefficient (Wildman–Crippen LogP) is 3.21. The van der Waals surface area contributed by atoms with E-state index in [1.54, 1.807) is 25.1 Å². The zero-order valence-electron chi connectivity index (χ0n) is 11.5. The first kappa shape index (κ1) is 14.1. The first-order chi connectivity index (χ1) is 9.49. The number of nitrogens with two attached hydrogens (primary N) is 1. The van der Waals surface area contributed by atoms with Crippen LogP contribution in [-0.2, 0) is 0 Å². The van der Waals surface area contributed by atoms with Crippen molar-refractivity contribution < 1.29 is 9.18 Å². The average molecular weight is 272 g/mol. The summed E-state index contributed by atoms with van der Waals surface area (Å²) in [5.41, 5.74) is 8.15. The van der Waals surface area contributed by atoms with Gasteiger partial charge in [-0.05, 0) is 43.2 Å². The lowest BCUT2D eigenvalue weighted by molar-refractivity contribution is 0.0939. The van der Waals surface area contributed by atoms with Gasteiger partial charge in [0.25, 0.3) is 5.91 Å². The molecule has 0 bridgehead atoms. The standard InChI is InChI=1S/C16H17FN2O/c1-10-7-8-12(9-14(10)17)16(20)19-11(2)13-5-3-4-6-15(13)18/h3-9,11H,18H2,1-2H3,(H,19,20). The van der Waals surface area contributed by atoms with Gasteiger partial charge >= 0.3 is 0 Å². The van der Waals surface area contributed by atoms with Crippen LogP contribution in [0.1, 0.15) is 34.5 Å². The second kappa shape index (κ2) is 5.74. The average Bonchev–Trinajstić information content (AvgIpc) is 2.42. The molecule has 0 heterocycles. The molecule has 0 radical (unpaired) electrons. The van der Waals surface area contributed by atoms with Gasteiger partial charge in [0.1, 0.15) is 5.82 Å². The zero-order valence-corrected chi connectivity index (χ0v) is 11.5. The molecule has 3 nitrogen and oxygen atoms in total. The number of hydrogen-bond acceptors (Lipinski definition) is 2. The fraction of sp³-hybridized carbons (Fsp3) is 0.188. The van der Waals surface area contributed by atoms with Gasteiger partial charge < -0.3 is 11.1 Å². The number of rotatable bonds is 3. The molecule has 4 heteroatoms. The normalized spacial score (nSPS) is 11.9. The van der Waals surface area contributed by atoms with Crippen LogP contribution in [0.5, 0.6) is 0 Å². The second-order valence-electron chi connectivity index (χ2n) is 4.79. The molecule has 2 aromatic carbocycles. The Morgan fingerprint density at radius 1 is 1.25 bits per heavy atom. The number of aryl methyl sites for hydroxylation is 1. The molecule has 0 spiro atoms. The molecule has 20 heavy (non-hydrogen) atoms. The number of benzene rings is 2. The Hall–Kier alpha value is -2.36. The Balaban J connectivity index is 2.15. The number of para-hydroxylation sites is 1. The Morgan fingerprint density at radius 2 is 1.95 bits per heavy atom. The van der Waals surface area contributed by atoms with E-state index < -0.39 is 0 Å². The first-order valence-corrected chi connectivity index (χ1v) is 6.40. The van der Waals surface area contributed by atoms with Gasteiger partial charge in [0.15, 0.2) is 0 Å². The molecule has 0 saturated heterocycles. The SMILES string of the molecule is Cc1ccc(C(=O)NC(C)c2ccccc2N)cc1F. The number of amides is 1. The van der Waals surface area contributed by atoms with Crippen LogP contribution in [-0.4, -0.2) is 5.91 Å². The maximum Gasteiger partial charge on any atom is 0.251 e. The molecule has 0 aliphatic rings. The Labute approximate surface area is 117 Å². The molecular formula is C16H17FN2O. The van der Waals surface area contributed by atoms with Gasteiger partial charge in [-0.2, -0.15) is 0 Å². The summed E-state index contributed by atoms with van der Waals surface area (Å²) in [4.78, 5) is 12.1. The van der Waals surface area contributed by atoms with Crippen LogP contribution in [0.15, 0.2) is 42.5 Å². The molecule has 0 aliphatic carbocycles. The summed E-state index contributed by atoms with van der Waals surface area (Å²) in [6.45, 7) is 3.50. The van der Waals surface area contributed by atoms with Crippen molar-refractivity contribution in [2.24, 2.45) is 0 Å². The van der Waals surface area contributed by atoms with Crippen molar-refractivity contribution in [3.05, 3.63) is 65.0 Å². The number of nitrogen functional groups attached to an aromatic ring is 1. The van der Waals surface area contributed by atoms with E-state index in [0.717, 1.165) is 5.56 Å². The molecule has 2 rings (SSSR count). The Kier molecular flexibility index (Phi) is 4.03. The van der Waals surface area contributed by atoms with Crippen LogP contribution < -0.4 is 11.1 Å². The highest BCUT2D eigenvalue weighted by molar-refractivity contribution is 5.94. The topological polar surface area (TPSA) is 55.1 Å². The Morgan fingerprint density at radius 3 is 2.60 bits per heavy atom. The van der Waals surface area contributed by atoms with Gasteiger partial charge in [-0.25, -0.2) is 4.39 Å². The highest BCUT2D eigenvalue weighted by Crippen LogP contribution is 2.20. The number of nitrogens with one attached hydrogen (secondary N) is 1. The van der Waals surface area contributed by atoms with E-state index in [2.05, 4.69) is 5.32 Å². The van der Waals surface area contributed by atoms with E-state index in [0.29, 0.717) is 16.8 Å². The maximum atomic E-state index is 13.5. The van der Waals surface area contributed by atoms with Crippen LogP contribution in [0.25, 0.3) is 0 Å². The fourth-order valence-electron chi connectivity index (χ4n) is 2.00. The van der Waals surface area contributed by atoms with E-state index in [1.807, 2.05) is 25.1 Å². The molecule has 1 unspecified atom stereocenters. The lowest BCUT2D eigenvalue weighted by Crippen LogP contribution is -2.27. The van der Waals surface area contributed by atoms with E-state index >= 15 is 0 Å². The molecule has 1 amide bonds. The zero-order chi connectivity index (χ0) is 14.7. The molecule has 104 valence electrons. The van der Waals surface area contributed by atoms with Crippen molar-refractivity contribution in [2.75, 3.05) is 5.73 Å². The maximum absolute atomic E-state index is 13.5. The van der Waals surface area contributed by atoms with E-state index in [9.17, 15) is 9.18 Å². The summed E-state index contributed by atoms with van der Waals surface area (Å²) in [6, 6.07) is 11.5. The first-order valence-electron chi connectivity index (χ1n) is 6.40. The van der Waals surface area contributed by atoms with Crippen LogP contribution in [0.4, 0.5) is 10.1 Å². The quantitative estimate of drug-likeness (QED) is 0.843. The molecule has 0 aromatic heterocycles.